The summed E-state index contributed by atoms with van der Waals surface area (Å²) in [6.45, 7) is -0.152. The molecule has 174 valence electrons. The number of hydrogen-bond donors (Lipinski definition) is 3. The average Bonchev–Trinajstić information content (AvgIpc) is 3.52. The van der Waals surface area contributed by atoms with Crippen molar-refractivity contribution in [1.82, 2.24) is 5.32 Å². The second kappa shape index (κ2) is 9.40. The molecular formula is C25H34N2O5. The van der Waals surface area contributed by atoms with Crippen LogP contribution in [0, 0.1) is 5.92 Å². The molecule has 0 aromatic heterocycles. The Morgan fingerprint density at radius 1 is 1.03 bits per heavy atom. The van der Waals surface area contributed by atoms with Crippen molar-refractivity contribution in [3.63, 3.8) is 0 Å². The van der Waals surface area contributed by atoms with Gasteiger partial charge in [-0.2, -0.15) is 0 Å². The number of carbonyl (C=O) groups is 2. The molecule has 5 rings (SSSR count). The highest BCUT2D eigenvalue weighted by Gasteiger charge is 2.46. The van der Waals surface area contributed by atoms with E-state index in [1.54, 1.807) is 0 Å². The summed E-state index contributed by atoms with van der Waals surface area (Å²) in [6.07, 6.45) is 8.53. The Hall–Kier alpha value is -2.12. The lowest BCUT2D eigenvalue weighted by Gasteiger charge is -2.37. The molecule has 3 fully saturated rings. The predicted molar refractivity (Wildman–Crippen MR) is 120 cm³/mol. The second-order valence-corrected chi connectivity index (χ2v) is 9.96. The van der Waals surface area contributed by atoms with Crippen LogP contribution in [0.1, 0.15) is 75.7 Å². The Morgan fingerprint density at radius 3 is 2.59 bits per heavy atom. The molecule has 0 bridgehead atoms. The zero-order valence-electron chi connectivity index (χ0n) is 18.6. The Balaban J connectivity index is 1.24. The molecule has 4 aliphatic rings. The van der Waals surface area contributed by atoms with Gasteiger partial charge in [-0.15, -0.1) is 0 Å². The average molecular weight is 443 g/mol. The van der Waals surface area contributed by atoms with E-state index in [0.29, 0.717) is 25.2 Å². The van der Waals surface area contributed by atoms with Crippen LogP contribution in [0.4, 0.5) is 5.69 Å². The van der Waals surface area contributed by atoms with Crippen LogP contribution < -0.4 is 15.4 Å². The number of benzene rings is 1. The summed E-state index contributed by atoms with van der Waals surface area (Å²) in [4.78, 5) is 24.9. The minimum atomic E-state index is -0.471. The first-order chi connectivity index (χ1) is 15.6. The van der Waals surface area contributed by atoms with Crippen molar-refractivity contribution in [3.8, 4) is 5.75 Å². The number of hydrogen-bond acceptors (Lipinski definition) is 5. The van der Waals surface area contributed by atoms with Gasteiger partial charge >= 0.3 is 0 Å². The number of rotatable bonds is 7. The van der Waals surface area contributed by atoms with E-state index >= 15 is 0 Å². The minimum absolute atomic E-state index is 0.0252. The molecule has 2 saturated carbocycles. The van der Waals surface area contributed by atoms with E-state index in [2.05, 4.69) is 10.6 Å². The standard InChI is InChI=1S/C25H34N2O5/c28-14-22-25-20(12-18(31-22)13-24(30)26-16-4-2-1-3-5-16)19-11-17(8-9-21(19)32-25)27-23(29)10-15-6-7-15/h8-9,11,15-16,18,20,22,25,28H,1-7,10,12-14H2,(H,26,30)(H,27,29)/t18-,20-,22-,25+/m0/s1. The topological polar surface area (TPSA) is 96.9 Å². The molecule has 2 heterocycles. The lowest BCUT2D eigenvalue weighted by Crippen LogP contribution is -2.48. The number of ether oxygens (including phenoxy) is 2. The van der Waals surface area contributed by atoms with E-state index in [-0.39, 0.29) is 42.6 Å². The van der Waals surface area contributed by atoms with Crippen LogP contribution in [0.5, 0.6) is 5.75 Å². The summed E-state index contributed by atoms with van der Waals surface area (Å²) in [5.41, 5.74) is 1.80. The predicted octanol–water partition coefficient (Wildman–Crippen LogP) is 3.26. The van der Waals surface area contributed by atoms with Crippen molar-refractivity contribution in [2.24, 2.45) is 5.92 Å². The van der Waals surface area contributed by atoms with E-state index in [1.807, 2.05) is 18.2 Å². The van der Waals surface area contributed by atoms with E-state index in [0.717, 1.165) is 42.7 Å². The number of amides is 2. The molecule has 1 saturated heterocycles. The number of aliphatic hydroxyl groups is 1. The maximum Gasteiger partial charge on any atom is 0.224 e. The Bertz CT molecular complexity index is 849. The molecule has 3 N–H and O–H groups in total. The smallest absolute Gasteiger partial charge is 0.224 e. The molecule has 32 heavy (non-hydrogen) atoms. The van der Waals surface area contributed by atoms with Crippen molar-refractivity contribution in [3.05, 3.63) is 23.8 Å². The minimum Gasteiger partial charge on any atom is -0.487 e. The van der Waals surface area contributed by atoms with Crippen LogP contribution in [-0.2, 0) is 14.3 Å². The number of nitrogens with one attached hydrogen (secondary N) is 2. The van der Waals surface area contributed by atoms with Gasteiger partial charge in [0.15, 0.2) is 0 Å². The molecular weight excluding hydrogens is 408 g/mol. The molecule has 4 atom stereocenters. The van der Waals surface area contributed by atoms with Gasteiger partial charge in [0.05, 0.1) is 19.1 Å². The molecule has 0 unspecified atom stereocenters. The molecule has 1 aromatic carbocycles. The van der Waals surface area contributed by atoms with Crippen LogP contribution in [-0.4, -0.2) is 47.9 Å². The van der Waals surface area contributed by atoms with Crippen LogP contribution >= 0.6 is 0 Å². The highest BCUT2D eigenvalue weighted by atomic mass is 16.6. The summed E-state index contributed by atoms with van der Waals surface area (Å²) in [7, 11) is 0. The normalized spacial score (nSPS) is 29.5. The van der Waals surface area contributed by atoms with Crippen LogP contribution in [0.15, 0.2) is 18.2 Å². The lowest BCUT2D eigenvalue weighted by molar-refractivity contribution is -0.142. The van der Waals surface area contributed by atoms with Gasteiger partial charge in [-0.3, -0.25) is 9.59 Å². The van der Waals surface area contributed by atoms with Crippen LogP contribution in [0.2, 0.25) is 0 Å². The molecule has 7 nitrogen and oxygen atoms in total. The highest BCUT2D eigenvalue weighted by Crippen LogP contribution is 2.47. The third kappa shape index (κ3) is 4.94. The number of fused-ring (bicyclic) bond motifs is 3. The number of anilines is 1. The summed E-state index contributed by atoms with van der Waals surface area (Å²) in [5, 5.41) is 16.1. The third-order valence-electron chi connectivity index (χ3n) is 7.34. The van der Waals surface area contributed by atoms with E-state index in [1.165, 1.54) is 19.3 Å². The van der Waals surface area contributed by atoms with Gasteiger partial charge < -0.3 is 25.2 Å². The van der Waals surface area contributed by atoms with E-state index < -0.39 is 6.10 Å². The molecule has 0 radical (unpaired) electrons. The SMILES string of the molecule is O=C(CC1CC1)Nc1ccc2c(c1)[C@@H]1C[C@@H](CC(=O)NC3CCCCC3)O[C@@H](CO)[C@@H]1O2. The largest absolute Gasteiger partial charge is 0.487 e. The quantitative estimate of drug-likeness (QED) is 0.602. The maximum atomic E-state index is 12.6. The second-order valence-electron chi connectivity index (χ2n) is 9.96. The lowest BCUT2D eigenvalue weighted by atomic mass is 9.84. The van der Waals surface area contributed by atoms with Crippen LogP contribution in [0.25, 0.3) is 0 Å². The molecule has 2 aliphatic heterocycles. The van der Waals surface area contributed by atoms with Crippen molar-refractivity contribution in [2.45, 2.75) is 94.5 Å². The fourth-order valence-electron chi connectivity index (χ4n) is 5.50. The molecule has 0 spiro atoms. The van der Waals surface area contributed by atoms with Gasteiger partial charge in [0.1, 0.15) is 18.0 Å². The third-order valence-corrected chi connectivity index (χ3v) is 7.34. The highest BCUT2D eigenvalue weighted by molar-refractivity contribution is 5.91. The molecule has 2 aliphatic carbocycles. The molecule has 7 heteroatoms. The Labute approximate surface area is 189 Å². The van der Waals surface area contributed by atoms with E-state index in [9.17, 15) is 14.7 Å². The monoisotopic (exact) mass is 442 g/mol. The van der Waals surface area contributed by atoms with Gasteiger partial charge in [0.25, 0.3) is 0 Å². The zero-order chi connectivity index (χ0) is 22.1. The summed E-state index contributed by atoms with van der Waals surface area (Å²) in [6, 6.07) is 6.02. The maximum absolute atomic E-state index is 12.6. The Morgan fingerprint density at radius 2 is 1.84 bits per heavy atom. The zero-order valence-corrected chi connectivity index (χ0v) is 18.6. The fourth-order valence-corrected chi connectivity index (χ4v) is 5.50. The molecule has 2 amide bonds. The Kier molecular flexibility index (Phi) is 6.37. The fraction of sp³-hybridized carbons (Fsp3) is 0.680. The molecule has 1 aromatic rings. The summed E-state index contributed by atoms with van der Waals surface area (Å²) < 4.78 is 12.2. The van der Waals surface area contributed by atoms with Gasteiger partial charge in [-0.05, 0) is 56.2 Å². The number of aliphatic hydroxyl groups excluding tert-OH is 1. The van der Waals surface area contributed by atoms with Crippen LogP contribution in [0.3, 0.4) is 0 Å². The van der Waals surface area contributed by atoms with Crippen molar-refractivity contribution in [1.29, 1.82) is 0 Å². The van der Waals surface area contributed by atoms with Gasteiger partial charge in [-0.25, -0.2) is 0 Å². The first kappa shape index (κ1) is 21.7. The summed E-state index contributed by atoms with van der Waals surface area (Å²) in [5.74, 6) is 1.43. The summed E-state index contributed by atoms with van der Waals surface area (Å²) >= 11 is 0. The van der Waals surface area contributed by atoms with Gasteiger partial charge in [-0.1, -0.05) is 19.3 Å². The first-order valence-corrected chi connectivity index (χ1v) is 12.2. The van der Waals surface area contributed by atoms with Crippen molar-refractivity contribution in [2.75, 3.05) is 11.9 Å². The van der Waals surface area contributed by atoms with Gasteiger partial charge in [0, 0.05) is 29.6 Å². The van der Waals surface area contributed by atoms with Crippen molar-refractivity contribution >= 4 is 17.5 Å². The van der Waals surface area contributed by atoms with Crippen molar-refractivity contribution < 1.29 is 24.2 Å². The van der Waals surface area contributed by atoms with Gasteiger partial charge in [0.2, 0.25) is 11.8 Å². The number of carbonyl (C=O) groups excluding carboxylic acids is 2. The van der Waals surface area contributed by atoms with E-state index in [4.69, 9.17) is 9.47 Å². The first-order valence-electron chi connectivity index (χ1n) is 12.2.